The predicted octanol–water partition coefficient (Wildman–Crippen LogP) is 7.91. The van der Waals surface area contributed by atoms with Crippen LogP contribution in [0, 0.1) is 25.2 Å². The molecule has 0 radical (unpaired) electrons. The second kappa shape index (κ2) is 10.6. The van der Waals surface area contributed by atoms with Gasteiger partial charge < -0.3 is 14.8 Å². The molecule has 5 nitrogen and oxygen atoms in total. The monoisotopic (exact) mass is 518 g/mol. The summed E-state index contributed by atoms with van der Waals surface area (Å²) >= 11 is 0. The summed E-state index contributed by atoms with van der Waals surface area (Å²) in [5, 5.41) is 3.71. The number of anilines is 1. The summed E-state index contributed by atoms with van der Waals surface area (Å²) in [5.74, 6) is 2.55. The average molecular weight is 519 g/mol. The van der Waals surface area contributed by atoms with E-state index in [-0.39, 0.29) is 5.78 Å². The molecule has 1 spiro atoms. The Balaban J connectivity index is 1.50. The molecule has 1 atom stereocenters. The van der Waals surface area contributed by atoms with Crippen molar-refractivity contribution in [1.29, 1.82) is 0 Å². The van der Waals surface area contributed by atoms with Gasteiger partial charge in [0.15, 0.2) is 5.78 Å². The Kier molecular flexibility index (Phi) is 7.61. The van der Waals surface area contributed by atoms with Gasteiger partial charge in [0, 0.05) is 23.4 Å². The zero-order chi connectivity index (χ0) is 27.1. The Hall–Kier alpha value is -2.40. The van der Waals surface area contributed by atoms with E-state index in [4.69, 9.17) is 14.5 Å². The van der Waals surface area contributed by atoms with Gasteiger partial charge in [-0.1, -0.05) is 12.5 Å². The zero-order valence-corrected chi connectivity index (χ0v) is 24.3. The first-order valence-corrected chi connectivity index (χ1v) is 14.7. The van der Waals surface area contributed by atoms with Gasteiger partial charge in [-0.15, -0.1) is 0 Å². The van der Waals surface area contributed by atoms with Gasteiger partial charge in [-0.2, -0.15) is 0 Å². The SMILES string of the molecule is CC(=O)C(OC(C)(C)C)c1c(C)c(NCC2CCC3(CCC3)CC2)nc(C)c1-c1ccc2c(c1)CCCO2. The molecule has 38 heavy (non-hydrogen) atoms. The van der Waals surface area contributed by atoms with Crippen molar-refractivity contribution in [2.75, 3.05) is 18.5 Å². The van der Waals surface area contributed by atoms with Crippen molar-refractivity contribution in [1.82, 2.24) is 4.98 Å². The molecule has 2 saturated carbocycles. The normalized spacial score (nSPS) is 19.8. The first-order chi connectivity index (χ1) is 18.1. The number of ketones is 1. The highest BCUT2D eigenvalue weighted by molar-refractivity contribution is 5.87. The van der Waals surface area contributed by atoms with Gasteiger partial charge >= 0.3 is 0 Å². The molecule has 1 N–H and O–H groups in total. The summed E-state index contributed by atoms with van der Waals surface area (Å²) in [6.45, 7) is 13.5. The van der Waals surface area contributed by atoms with Crippen molar-refractivity contribution in [3.05, 3.63) is 40.6 Å². The van der Waals surface area contributed by atoms with Crippen LogP contribution in [0.25, 0.3) is 11.1 Å². The predicted molar refractivity (Wildman–Crippen MR) is 154 cm³/mol. The van der Waals surface area contributed by atoms with Gasteiger partial charge in [0.1, 0.15) is 17.7 Å². The summed E-state index contributed by atoms with van der Waals surface area (Å²) in [6.07, 6.45) is 11.0. The molecule has 0 saturated heterocycles. The molecule has 0 amide bonds. The maximum Gasteiger partial charge on any atom is 0.163 e. The number of Topliss-reactive ketones (excluding diaryl/α,β-unsaturated/α-hetero) is 1. The molecule has 1 aromatic carbocycles. The van der Waals surface area contributed by atoms with E-state index in [0.29, 0.717) is 11.3 Å². The second-order valence-electron chi connectivity index (χ2n) is 13.1. The van der Waals surface area contributed by atoms with Crippen LogP contribution < -0.4 is 10.1 Å². The summed E-state index contributed by atoms with van der Waals surface area (Å²) in [7, 11) is 0. The maximum atomic E-state index is 13.1. The highest BCUT2D eigenvalue weighted by Crippen LogP contribution is 2.52. The van der Waals surface area contributed by atoms with E-state index >= 15 is 0 Å². The molecule has 2 heterocycles. The van der Waals surface area contributed by atoms with Gasteiger partial charge in [-0.05, 0) is 133 Å². The standard InChI is InChI=1S/C33H46N2O3/c1-21-28(30(23(3)36)38-32(4,5)6)29(26-10-11-27-25(19-26)9-7-18-37-27)22(2)35-31(21)34-20-24-12-16-33(17-13-24)14-8-15-33/h10-11,19,24,30H,7-9,12-18,20H2,1-6H3,(H,34,35). The highest BCUT2D eigenvalue weighted by atomic mass is 16.5. The largest absolute Gasteiger partial charge is 0.493 e. The lowest BCUT2D eigenvalue weighted by Crippen LogP contribution is -2.35. The number of carbonyl (C=O) groups is 1. The van der Waals surface area contributed by atoms with Crippen molar-refractivity contribution in [2.45, 2.75) is 111 Å². The fourth-order valence-corrected chi connectivity index (χ4v) is 6.81. The third kappa shape index (κ3) is 5.64. The molecule has 1 aliphatic heterocycles. The first kappa shape index (κ1) is 27.2. The fraction of sp³-hybridized carbons (Fsp3) is 0.636. The Morgan fingerprint density at radius 3 is 2.53 bits per heavy atom. The first-order valence-electron chi connectivity index (χ1n) is 14.7. The van der Waals surface area contributed by atoms with Crippen LogP contribution in [0.3, 0.4) is 0 Å². The lowest BCUT2D eigenvalue weighted by Gasteiger charge is -2.47. The van der Waals surface area contributed by atoms with Crippen molar-refractivity contribution in [3.8, 4) is 16.9 Å². The van der Waals surface area contributed by atoms with E-state index in [2.05, 4.69) is 37.4 Å². The number of rotatable bonds is 7. The smallest absolute Gasteiger partial charge is 0.163 e. The Labute approximate surface area is 229 Å². The number of pyridine rings is 1. The summed E-state index contributed by atoms with van der Waals surface area (Å²) in [6, 6.07) is 6.40. The van der Waals surface area contributed by atoms with Crippen LogP contribution in [0.2, 0.25) is 0 Å². The number of ether oxygens (including phenoxy) is 2. The molecular weight excluding hydrogens is 472 g/mol. The zero-order valence-electron chi connectivity index (χ0n) is 24.3. The topological polar surface area (TPSA) is 60.5 Å². The van der Waals surface area contributed by atoms with E-state index < -0.39 is 11.7 Å². The van der Waals surface area contributed by atoms with E-state index in [1.54, 1.807) is 6.92 Å². The fourth-order valence-electron chi connectivity index (χ4n) is 6.81. The number of benzene rings is 1. The van der Waals surface area contributed by atoms with Crippen LogP contribution >= 0.6 is 0 Å². The Morgan fingerprint density at radius 2 is 1.89 bits per heavy atom. The van der Waals surface area contributed by atoms with Crippen LogP contribution in [-0.4, -0.2) is 29.5 Å². The minimum Gasteiger partial charge on any atom is -0.493 e. The number of aryl methyl sites for hydroxylation is 2. The summed E-state index contributed by atoms with van der Waals surface area (Å²) in [4.78, 5) is 18.2. The molecule has 1 unspecified atom stereocenters. The number of hydrogen-bond donors (Lipinski definition) is 1. The molecule has 3 aliphatic rings. The quantitative estimate of drug-likeness (QED) is 0.403. The molecule has 5 heteroatoms. The van der Waals surface area contributed by atoms with Crippen LogP contribution in [0.5, 0.6) is 5.75 Å². The van der Waals surface area contributed by atoms with Crippen molar-refractivity contribution < 1.29 is 14.3 Å². The molecule has 5 rings (SSSR count). The summed E-state index contributed by atoms with van der Waals surface area (Å²) in [5.41, 5.74) is 6.39. The maximum absolute atomic E-state index is 13.1. The van der Waals surface area contributed by atoms with E-state index in [1.165, 1.54) is 50.5 Å². The van der Waals surface area contributed by atoms with Gasteiger partial charge in [0.05, 0.1) is 12.2 Å². The van der Waals surface area contributed by atoms with E-state index in [9.17, 15) is 4.79 Å². The van der Waals surface area contributed by atoms with E-state index in [0.717, 1.165) is 65.5 Å². The molecular formula is C33H46N2O3. The Bertz CT molecular complexity index is 1180. The van der Waals surface area contributed by atoms with Crippen molar-refractivity contribution in [2.24, 2.45) is 11.3 Å². The van der Waals surface area contributed by atoms with Gasteiger partial charge in [-0.25, -0.2) is 4.98 Å². The van der Waals surface area contributed by atoms with Crippen molar-refractivity contribution >= 4 is 11.6 Å². The minimum atomic E-state index is -0.660. The van der Waals surface area contributed by atoms with Crippen LogP contribution in [0.15, 0.2) is 18.2 Å². The third-order valence-electron chi connectivity index (χ3n) is 9.11. The van der Waals surface area contributed by atoms with Gasteiger partial charge in [0.2, 0.25) is 0 Å². The number of nitrogens with zero attached hydrogens (tertiary/aromatic N) is 1. The number of nitrogens with one attached hydrogen (secondary N) is 1. The highest BCUT2D eigenvalue weighted by Gasteiger charge is 2.40. The van der Waals surface area contributed by atoms with Crippen LogP contribution in [0.1, 0.15) is 108 Å². The average Bonchev–Trinajstić information content (AvgIpc) is 2.86. The number of carbonyl (C=O) groups excluding carboxylic acids is 1. The number of fused-ring (bicyclic) bond motifs is 1. The lowest BCUT2D eigenvalue weighted by atomic mass is 9.59. The molecule has 1 aromatic heterocycles. The lowest BCUT2D eigenvalue weighted by molar-refractivity contribution is -0.138. The van der Waals surface area contributed by atoms with Crippen molar-refractivity contribution in [3.63, 3.8) is 0 Å². The molecule has 0 bridgehead atoms. The number of hydrogen-bond acceptors (Lipinski definition) is 5. The molecule has 2 fully saturated rings. The second-order valence-corrected chi connectivity index (χ2v) is 13.1. The third-order valence-corrected chi connectivity index (χ3v) is 9.11. The van der Waals surface area contributed by atoms with Crippen LogP contribution in [-0.2, 0) is 16.0 Å². The molecule has 206 valence electrons. The molecule has 2 aromatic rings. The van der Waals surface area contributed by atoms with Crippen LogP contribution in [0.4, 0.5) is 5.82 Å². The van der Waals surface area contributed by atoms with Gasteiger partial charge in [0.25, 0.3) is 0 Å². The number of aromatic nitrogens is 1. The van der Waals surface area contributed by atoms with Gasteiger partial charge in [-0.3, -0.25) is 4.79 Å². The summed E-state index contributed by atoms with van der Waals surface area (Å²) < 4.78 is 12.3. The minimum absolute atomic E-state index is 0.0141. The molecule has 2 aliphatic carbocycles. The van der Waals surface area contributed by atoms with E-state index in [1.807, 2.05) is 20.8 Å². The Morgan fingerprint density at radius 1 is 1.16 bits per heavy atom.